The van der Waals surface area contributed by atoms with Crippen molar-refractivity contribution < 1.29 is 19.1 Å². The largest absolute Gasteiger partial charge is 0.461 e. The van der Waals surface area contributed by atoms with Gasteiger partial charge >= 0.3 is 5.97 Å². The Bertz CT molecular complexity index is 887. The summed E-state index contributed by atoms with van der Waals surface area (Å²) in [6.07, 6.45) is 1.94. The monoisotopic (exact) mass is 418 g/mol. The Morgan fingerprint density at radius 3 is 2.79 bits per heavy atom. The van der Waals surface area contributed by atoms with Crippen molar-refractivity contribution in [3.05, 3.63) is 57.4 Å². The number of rotatable bonds is 7. The highest BCUT2D eigenvalue weighted by atomic mass is 35.5. The van der Waals surface area contributed by atoms with E-state index in [9.17, 15) is 9.59 Å². The Labute approximate surface area is 176 Å². The van der Waals surface area contributed by atoms with Crippen LogP contribution in [0.4, 0.5) is 0 Å². The zero-order chi connectivity index (χ0) is 21.0. The van der Waals surface area contributed by atoms with Gasteiger partial charge in [0.05, 0.1) is 12.7 Å². The van der Waals surface area contributed by atoms with Crippen LogP contribution in [-0.4, -0.2) is 47.6 Å². The Kier molecular flexibility index (Phi) is 6.98. The molecule has 1 fully saturated rings. The topological polar surface area (TPSA) is 71.6 Å². The first-order valence-corrected chi connectivity index (χ1v) is 10.3. The Hall–Kier alpha value is -2.31. The summed E-state index contributed by atoms with van der Waals surface area (Å²) >= 11 is 6.09. The van der Waals surface area contributed by atoms with E-state index in [1.165, 1.54) is 0 Å². The first kappa shape index (κ1) is 21.4. The SMILES string of the molecule is CCOC(=O)c1[nH]c(C)c(CN(CC2CCCO2)C(=O)c2cccc(Cl)c2)c1C. The lowest BCUT2D eigenvalue weighted by molar-refractivity contribution is 0.0506. The van der Waals surface area contributed by atoms with E-state index < -0.39 is 0 Å². The number of carbonyl (C=O) groups excluding carboxylic acids is 2. The van der Waals surface area contributed by atoms with Crippen LogP contribution in [0.3, 0.4) is 0 Å². The molecule has 0 spiro atoms. The second-order valence-corrected chi connectivity index (χ2v) is 7.72. The molecule has 1 aromatic carbocycles. The van der Waals surface area contributed by atoms with Crippen molar-refractivity contribution in [2.24, 2.45) is 0 Å². The van der Waals surface area contributed by atoms with Gasteiger partial charge in [-0.05, 0) is 62.9 Å². The molecule has 1 unspecified atom stereocenters. The van der Waals surface area contributed by atoms with E-state index >= 15 is 0 Å². The molecular weight excluding hydrogens is 392 g/mol. The van der Waals surface area contributed by atoms with Gasteiger partial charge in [-0.15, -0.1) is 0 Å². The minimum absolute atomic E-state index is 0.0159. The molecule has 2 aromatic rings. The fraction of sp³-hybridized carbons (Fsp3) is 0.455. The fourth-order valence-corrected chi connectivity index (χ4v) is 3.87. The van der Waals surface area contributed by atoms with Crippen molar-refractivity contribution in [1.29, 1.82) is 0 Å². The number of hydrogen-bond donors (Lipinski definition) is 1. The Balaban J connectivity index is 1.89. The number of aromatic amines is 1. The molecule has 1 saturated heterocycles. The number of H-pyrrole nitrogens is 1. The highest BCUT2D eigenvalue weighted by Crippen LogP contribution is 2.24. The molecule has 3 rings (SSSR count). The van der Waals surface area contributed by atoms with E-state index in [4.69, 9.17) is 21.1 Å². The quantitative estimate of drug-likeness (QED) is 0.681. The molecule has 1 amide bonds. The lowest BCUT2D eigenvalue weighted by atomic mass is 10.1. The van der Waals surface area contributed by atoms with Crippen LogP contribution in [0.5, 0.6) is 0 Å². The van der Waals surface area contributed by atoms with Gasteiger partial charge in [-0.3, -0.25) is 4.79 Å². The standard InChI is InChI=1S/C22H27ClN2O4/c1-4-28-22(27)20-14(2)19(15(3)24-20)13-25(12-18-9-6-10-29-18)21(26)16-7-5-8-17(23)11-16/h5,7-8,11,18,24H,4,6,9-10,12-13H2,1-3H3. The number of hydrogen-bond acceptors (Lipinski definition) is 4. The normalized spacial score (nSPS) is 16.1. The molecule has 0 aliphatic carbocycles. The van der Waals surface area contributed by atoms with Gasteiger partial charge in [0.1, 0.15) is 5.69 Å². The van der Waals surface area contributed by atoms with Crippen LogP contribution in [0.2, 0.25) is 5.02 Å². The summed E-state index contributed by atoms with van der Waals surface area (Å²) in [5.74, 6) is -0.494. The van der Waals surface area contributed by atoms with Crippen molar-refractivity contribution in [2.75, 3.05) is 19.8 Å². The second-order valence-electron chi connectivity index (χ2n) is 7.28. The molecule has 156 valence electrons. The van der Waals surface area contributed by atoms with E-state index in [1.807, 2.05) is 13.8 Å². The van der Waals surface area contributed by atoms with Crippen molar-refractivity contribution >= 4 is 23.5 Å². The fourth-order valence-electron chi connectivity index (χ4n) is 3.68. The Morgan fingerprint density at radius 1 is 1.34 bits per heavy atom. The summed E-state index contributed by atoms with van der Waals surface area (Å²) in [6.45, 7) is 7.45. The number of nitrogens with one attached hydrogen (secondary N) is 1. The molecule has 1 N–H and O–H groups in total. The summed E-state index contributed by atoms with van der Waals surface area (Å²) in [7, 11) is 0. The summed E-state index contributed by atoms with van der Waals surface area (Å²) in [6, 6.07) is 6.95. The van der Waals surface area contributed by atoms with Crippen LogP contribution in [0.15, 0.2) is 24.3 Å². The zero-order valence-corrected chi connectivity index (χ0v) is 17.8. The van der Waals surface area contributed by atoms with Crippen LogP contribution in [0.1, 0.15) is 57.4 Å². The number of aromatic nitrogens is 1. The smallest absolute Gasteiger partial charge is 0.355 e. The van der Waals surface area contributed by atoms with Gasteiger partial charge in [-0.2, -0.15) is 0 Å². The van der Waals surface area contributed by atoms with Gasteiger partial charge < -0.3 is 19.4 Å². The minimum Gasteiger partial charge on any atom is -0.461 e. The summed E-state index contributed by atoms with van der Waals surface area (Å²) in [5, 5.41) is 0.520. The van der Waals surface area contributed by atoms with E-state index in [0.29, 0.717) is 36.0 Å². The lowest BCUT2D eigenvalue weighted by Crippen LogP contribution is -2.37. The van der Waals surface area contributed by atoms with E-state index in [0.717, 1.165) is 36.3 Å². The first-order valence-electron chi connectivity index (χ1n) is 9.92. The van der Waals surface area contributed by atoms with Gasteiger partial charge in [0.15, 0.2) is 0 Å². The average molecular weight is 419 g/mol. The highest BCUT2D eigenvalue weighted by Gasteiger charge is 2.26. The summed E-state index contributed by atoms with van der Waals surface area (Å²) < 4.78 is 10.9. The number of aryl methyl sites for hydroxylation is 1. The van der Waals surface area contributed by atoms with Crippen LogP contribution < -0.4 is 0 Å². The molecule has 7 heteroatoms. The average Bonchev–Trinajstić information content (AvgIpc) is 3.30. The maximum atomic E-state index is 13.3. The van der Waals surface area contributed by atoms with E-state index in [1.54, 1.807) is 36.1 Å². The predicted octanol–water partition coefficient (Wildman–Crippen LogP) is 4.28. The summed E-state index contributed by atoms with van der Waals surface area (Å²) in [4.78, 5) is 30.4. The van der Waals surface area contributed by atoms with Crippen molar-refractivity contribution in [1.82, 2.24) is 9.88 Å². The molecule has 1 aliphatic rings. The Morgan fingerprint density at radius 2 is 2.14 bits per heavy atom. The number of benzene rings is 1. The molecule has 0 bridgehead atoms. The molecule has 29 heavy (non-hydrogen) atoms. The van der Waals surface area contributed by atoms with E-state index in [2.05, 4.69) is 4.98 Å². The first-order chi connectivity index (χ1) is 13.9. The number of esters is 1. The van der Waals surface area contributed by atoms with Crippen LogP contribution in [0, 0.1) is 13.8 Å². The number of nitrogens with zero attached hydrogens (tertiary/aromatic N) is 1. The third-order valence-electron chi connectivity index (χ3n) is 5.23. The van der Waals surface area contributed by atoms with Gasteiger partial charge in [-0.1, -0.05) is 17.7 Å². The third kappa shape index (κ3) is 5.00. The van der Waals surface area contributed by atoms with Gasteiger partial charge in [0.2, 0.25) is 0 Å². The van der Waals surface area contributed by atoms with E-state index in [-0.39, 0.29) is 18.0 Å². The molecule has 1 aliphatic heterocycles. The molecule has 2 heterocycles. The zero-order valence-electron chi connectivity index (χ0n) is 17.1. The molecule has 0 saturated carbocycles. The minimum atomic E-state index is -0.383. The maximum absolute atomic E-state index is 13.3. The van der Waals surface area contributed by atoms with Crippen molar-refractivity contribution in [2.45, 2.75) is 46.3 Å². The third-order valence-corrected chi connectivity index (χ3v) is 5.46. The molecular formula is C22H27ClN2O4. The number of ether oxygens (including phenoxy) is 2. The molecule has 0 radical (unpaired) electrons. The maximum Gasteiger partial charge on any atom is 0.355 e. The van der Waals surface area contributed by atoms with Crippen LogP contribution in [-0.2, 0) is 16.0 Å². The summed E-state index contributed by atoms with van der Waals surface area (Å²) in [5.41, 5.74) is 3.54. The van der Waals surface area contributed by atoms with Gasteiger partial charge in [-0.25, -0.2) is 4.79 Å². The van der Waals surface area contributed by atoms with Gasteiger partial charge in [0, 0.05) is 36.0 Å². The van der Waals surface area contributed by atoms with Gasteiger partial charge in [0.25, 0.3) is 5.91 Å². The van der Waals surface area contributed by atoms with Crippen LogP contribution >= 0.6 is 11.6 Å². The molecule has 1 aromatic heterocycles. The lowest BCUT2D eigenvalue weighted by Gasteiger charge is -2.26. The van der Waals surface area contributed by atoms with Crippen molar-refractivity contribution in [3.8, 4) is 0 Å². The van der Waals surface area contributed by atoms with Crippen LogP contribution in [0.25, 0.3) is 0 Å². The predicted molar refractivity (Wildman–Crippen MR) is 111 cm³/mol. The highest BCUT2D eigenvalue weighted by molar-refractivity contribution is 6.30. The second kappa shape index (κ2) is 9.46. The number of amides is 1. The molecule has 6 nitrogen and oxygen atoms in total. The number of carbonyl (C=O) groups is 2. The number of halogens is 1. The molecule has 1 atom stereocenters. The van der Waals surface area contributed by atoms with Crippen molar-refractivity contribution in [3.63, 3.8) is 0 Å².